The van der Waals surface area contributed by atoms with Gasteiger partial charge in [-0.05, 0) is 25.3 Å². The molecule has 6 nitrogen and oxygen atoms in total. The summed E-state index contributed by atoms with van der Waals surface area (Å²) in [5, 5.41) is 6.35. The maximum atomic E-state index is 12.1. The number of aliphatic imine (C=N–C) groups is 1. The van der Waals surface area contributed by atoms with Gasteiger partial charge in [0.25, 0.3) is 0 Å². The Morgan fingerprint density at radius 2 is 1.92 bits per heavy atom. The molecular formula is C17H29N3O3S. The molecule has 0 aliphatic rings. The number of guanidine groups is 1. The minimum absolute atomic E-state index is 0.0902. The first-order chi connectivity index (χ1) is 11.6. The summed E-state index contributed by atoms with van der Waals surface area (Å²) < 4.78 is 29.2. The Morgan fingerprint density at radius 1 is 1.17 bits per heavy atom. The maximum absolute atomic E-state index is 12.1. The van der Waals surface area contributed by atoms with Crippen LogP contribution < -0.4 is 10.6 Å². The number of benzene rings is 1. The van der Waals surface area contributed by atoms with Crippen molar-refractivity contribution >= 4 is 15.8 Å². The first kappa shape index (κ1) is 20.4. The topological polar surface area (TPSA) is 79.8 Å². The van der Waals surface area contributed by atoms with Gasteiger partial charge in [-0.2, -0.15) is 0 Å². The second-order valence-corrected chi connectivity index (χ2v) is 7.65. The molecule has 24 heavy (non-hydrogen) atoms. The molecular weight excluding hydrogens is 326 g/mol. The van der Waals surface area contributed by atoms with Crippen LogP contribution in [-0.4, -0.2) is 53.5 Å². The molecule has 0 spiro atoms. The van der Waals surface area contributed by atoms with Crippen LogP contribution in [0.2, 0.25) is 0 Å². The Balaban J connectivity index is 2.36. The highest BCUT2D eigenvalue weighted by atomic mass is 32.2. The number of methoxy groups -OCH3 is 1. The first-order valence-electron chi connectivity index (χ1n) is 8.33. The zero-order valence-corrected chi connectivity index (χ0v) is 15.4. The van der Waals surface area contributed by atoms with E-state index < -0.39 is 9.84 Å². The van der Waals surface area contributed by atoms with Crippen LogP contribution in [0.3, 0.4) is 0 Å². The molecule has 0 radical (unpaired) electrons. The van der Waals surface area contributed by atoms with Crippen molar-refractivity contribution in [3.8, 4) is 0 Å². The lowest BCUT2D eigenvalue weighted by Crippen LogP contribution is -2.38. The average molecular weight is 356 g/mol. The molecule has 0 bridgehead atoms. The number of sulfone groups is 1. The van der Waals surface area contributed by atoms with Crippen molar-refractivity contribution in [3.05, 3.63) is 35.9 Å². The number of nitrogens with zero attached hydrogens (tertiary/aromatic N) is 1. The quantitative estimate of drug-likeness (QED) is 0.358. The molecule has 1 aromatic carbocycles. The third kappa shape index (κ3) is 9.52. The fraction of sp³-hybridized carbons (Fsp3) is 0.588. The van der Waals surface area contributed by atoms with Gasteiger partial charge in [-0.25, -0.2) is 8.42 Å². The Bertz CT molecular complexity index is 574. The van der Waals surface area contributed by atoms with Gasteiger partial charge in [-0.1, -0.05) is 30.3 Å². The van der Waals surface area contributed by atoms with Gasteiger partial charge in [-0.3, -0.25) is 4.99 Å². The molecule has 7 heteroatoms. The van der Waals surface area contributed by atoms with Gasteiger partial charge in [0.05, 0.1) is 11.5 Å². The Kier molecular flexibility index (Phi) is 10.1. The van der Waals surface area contributed by atoms with E-state index >= 15 is 0 Å². The van der Waals surface area contributed by atoms with Crippen molar-refractivity contribution in [3.63, 3.8) is 0 Å². The highest BCUT2D eigenvalue weighted by molar-refractivity contribution is 7.90. The van der Waals surface area contributed by atoms with Crippen molar-refractivity contribution in [1.82, 2.24) is 10.6 Å². The number of hydrogen-bond acceptors (Lipinski definition) is 4. The lowest BCUT2D eigenvalue weighted by molar-refractivity contribution is 0.195. The molecule has 0 aliphatic heterocycles. The normalized spacial score (nSPS) is 12.2. The minimum Gasteiger partial charge on any atom is -0.385 e. The predicted molar refractivity (Wildman–Crippen MR) is 99.0 cm³/mol. The van der Waals surface area contributed by atoms with E-state index in [1.54, 1.807) is 7.11 Å². The van der Waals surface area contributed by atoms with Crippen LogP contribution in [0.25, 0.3) is 0 Å². The summed E-state index contributed by atoms with van der Waals surface area (Å²) in [6, 6.07) is 9.26. The van der Waals surface area contributed by atoms with Gasteiger partial charge in [0.2, 0.25) is 0 Å². The molecule has 0 aliphatic carbocycles. The van der Waals surface area contributed by atoms with E-state index in [0.717, 1.165) is 25.1 Å². The zero-order valence-electron chi connectivity index (χ0n) is 14.6. The van der Waals surface area contributed by atoms with E-state index in [-0.39, 0.29) is 11.5 Å². The number of ether oxygens (including phenoxy) is 1. The smallest absolute Gasteiger partial charge is 0.191 e. The molecule has 1 rings (SSSR count). The van der Waals surface area contributed by atoms with Crippen LogP contribution in [0.1, 0.15) is 25.3 Å². The van der Waals surface area contributed by atoms with E-state index in [1.807, 2.05) is 37.3 Å². The molecule has 0 atom stereocenters. The molecule has 0 heterocycles. The molecule has 0 amide bonds. The predicted octanol–water partition coefficient (Wildman–Crippen LogP) is 1.58. The molecule has 1 aromatic rings. The Hall–Kier alpha value is -1.60. The van der Waals surface area contributed by atoms with Crippen molar-refractivity contribution < 1.29 is 13.2 Å². The highest BCUT2D eigenvalue weighted by Crippen LogP contribution is 2.07. The van der Waals surface area contributed by atoms with E-state index in [1.165, 1.54) is 0 Å². The van der Waals surface area contributed by atoms with Crippen LogP contribution in [-0.2, 0) is 20.3 Å². The summed E-state index contributed by atoms with van der Waals surface area (Å²) in [4.78, 5) is 4.41. The van der Waals surface area contributed by atoms with Crippen molar-refractivity contribution in [2.45, 2.75) is 25.5 Å². The van der Waals surface area contributed by atoms with Crippen LogP contribution in [0.4, 0.5) is 0 Å². The highest BCUT2D eigenvalue weighted by Gasteiger charge is 2.11. The fourth-order valence-electron chi connectivity index (χ4n) is 2.14. The summed E-state index contributed by atoms with van der Waals surface area (Å²) in [6.07, 6.45) is 1.41. The second-order valence-electron chi connectivity index (χ2n) is 5.46. The third-order valence-electron chi connectivity index (χ3n) is 3.27. The fourth-order valence-corrected chi connectivity index (χ4v) is 3.55. The first-order valence-corrected chi connectivity index (χ1v) is 10.1. The Morgan fingerprint density at radius 3 is 2.58 bits per heavy atom. The second kappa shape index (κ2) is 11.9. The largest absolute Gasteiger partial charge is 0.385 e. The van der Waals surface area contributed by atoms with Gasteiger partial charge >= 0.3 is 0 Å². The van der Waals surface area contributed by atoms with E-state index in [4.69, 9.17) is 4.74 Å². The van der Waals surface area contributed by atoms with E-state index in [9.17, 15) is 8.42 Å². The van der Waals surface area contributed by atoms with Crippen molar-refractivity contribution in [1.29, 1.82) is 0 Å². The minimum atomic E-state index is -3.10. The average Bonchev–Trinajstić information content (AvgIpc) is 2.56. The SMILES string of the molecule is CCNC(=NCCCS(=O)(=O)Cc1ccccc1)NCCCOC. The maximum Gasteiger partial charge on any atom is 0.191 e. The summed E-state index contributed by atoms with van der Waals surface area (Å²) in [6.45, 7) is 4.71. The summed E-state index contributed by atoms with van der Waals surface area (Å²) >= 11 is 0. The van der Waals surface area contributed by atoms with E-state index in [2.05, 4.69) is 15.6 Å². The van der Waals surface area contributed by atoms with Crippen LogP contribution >= 0.6 is 0 Å². The van der Waals surface area contributed by atoms with Crippen molar-refractivity contribution in [2.24, 2.45) is 4.99 Å². The van der Waals surface area contributed by atoms with Crippen LogP contribution in [0, 0.1) is 0 Å². The standard InChI is InChI=1S/C17H29N3O3S/c1-3-18-17(19-11-7-13-23-2)20-12-8-14-24(21,22)15-16-9-5-4-6-10-16/h4-6,9-10H,3,7-8,11-15H2,1-2H3,(H2,18,19,20). The molecule has 0 saturated heterocycles. The lowest BCUT2D eigenvalue weighted by atomic mass is 10.2. The summed E-state index contributed by atoms with van der Waals surface area (Å²) in [7, 11) is -1.42. The van der Waals surface area contributed by atoms with Gasteiger partial charge in [0.15, 0.2) is 15.8 Å². The van der Waals surface area contributed by atoms with Crippen LogP contribution in [0.15, 0.2) is 35.3 Å². The molecule has 2 N–H and O–H groups in total. The van der Waals surface area contributed by atoms with Gasteiger partial charge < -0.3 is 15.4 Å². The monoisotopic (exact) mass is 355 g/mol. The lowest BCUT2D eigenvalue weighted by Gasteiger charge is -2.11. The summed E-state index contributed by atoms with van der Waals surface area (Å²) in [5.74, 6) is 0.954. The van der Waals surface area contributed by atoms with Crippen molar-refractivity contribution in [2.75, 3.05) is 39.1 Å². The molecule has 0 aromatic heterocycles. The number of rotatable bonds is 11. The van der Waals surface area contributed by atoms with Crippen LogP contribution in [0.5, 0.6) is 0 Å². The third-order valence-corrected chi connectivity index (χ3v) is 4.96. The van der Waals surface area contributed by atoms with E-state index in [0.29, 0.717) is 25.5 Å². The number of nitrogens with one attached hydrogen (secondary N) is 2. The Labute approximate surface area is 145 Å². The summed E-state index contributed by atoms with van der Waals surface area (Å²) in [5.41, 5.74) is 0.828. The molecule has 0 unspecified atom stereocenters. The zero-order chi connectivity index (χ0) is 17.7. The number of hydrogen-bond donors (Lipinski definition) is 2. The van der Waals surface area contributed by atoms with Gasteiger partial charge in [0, 0.05) is 33.4 Å². The molecule has 0 fully saturated rings. The molecule has 0 saturated carbocycles. The van der Waals surface area contributed by atoms with Gasteiger partial charge in [0.1, 0.15) is 0 Å². The van der Waals surface area contributed by atoms with Gasteiger partial charge in [-0.15, -0.1) is 0 Å². The molecule has 136 valence electrons.